The molecule has 2 unspecified atom stereocenters. The van der Waals surface area contributed by atoms with Gasteiger partial charge in [0.05, 0.1) is 5.92 Å². The van der Waals surface area contributed by atoms with Gasteiger partial charge in [0.1, 0.15) is 0 Å². The number of hydrogen-bond donors (Lipinski definition) is 2. The summed E-state index contributed by atoms with van der Waals surface area (Å²) < 4.78 is 0. The van der Waals surface area contributed by atoms with Gasteiger partial charge in [-0.05, 0) is 29.6 Å². The summed E-state index contributed by atoms with van der Waals surface area (Å²) in [7, 11) is 0. The molecule has 0 saturated heterocycles. The Morgan fingerprint density at radius 3 is 1.70 bits per heavy atom. The molecule has 0 aromatic heterocycles. The molecular formula is C16H30O4. The zero-order valence-electron chi connectivity index (χ0n) is 13.7. The Labute approximate surface area is 122 Å². The van der Waals surface area contributed by atoms with Crippen LogP contribution in [0.25, 0.3) is 0 Å². The van der Waals surface area contributed by atoms with Crippen LogP contribution in [-0.4, -0.2) is 22.2 Å². The van der Waals surface area contributed by atoms with Crippen LogP contribution < -0.4 is 0 Å². The Hall–Kier alpha value is -1.06. The second kappa shape index (κ2) is 7.09. The van der Waals surface area contributed by atoms with Crippen molar-refractivity contribution in [2.75, 3.05) is 0 Å². The molecule has 0 rings (SSSR count). The first kappa shape index (κ1) is 18.9. The van der Waals surface area contributed by atoms with Gasteiger partial charge in [-0.2, -0.15) is 0 Å². The first-order chi connectivity index (χ1) is 8.85. The van der Waals surface area contributed by atoms with Crippen LogP contribution >= 0.6 is 0 Å². The third-order valence-corrected chi connectivity index (χ3v) is 4.03. The molecule has 0 fully saturated rings. The Kier molecular flexibility index (Phi) is 6.72. The average Bonchev–Trinajstić information content (AvgIpc) is 2.17. The van der Waals surface area contributed by atoms with Crippen molar-refractivity contribution in [3.05, 3.63) is 0 Å². The highest BCUT2D eigenvalue weighted by molar-refractivity contribution is 5.70. The van der Waals surface area contributed by atoms with Crippen LogP contribution in [0.2, 0.25) is 0 Å². The average molecular weight is 286 g/mol. The highest BCUT2D eigenvalue weighted by Crippen LogP contribution is 2.35. The van der Waals surface area contributed by atoms with Crippen molar-refractivity contribution in [2.45, 2.75) is 67.2 Å². The minimum Gasteiger partial charge on any atom is -0.481 e. The van der Waals surface area contributed by atoms with Crippen LogP contribution in [0.4, 0.5) is 0 Å². The highest BCUT2D eigenvalue weighted by atomic mass is 16.4. The van der Waals surface area contributed by atoms with E-state index < -0.39 is 11.9 Å². The maximum Gasteiger partial charge on any atom is 0.307 e. The molecule has 0 heterocycles. The lowest BCUT2D eigenvalue weighted by atomic mass is 9.73. The van der Waals surface area contributed by atoms with Gasteiger partial charge in [-0.1, -0.05) is 48.0 Å². The summed E-state index contributed by atoms with van der Waals surface area (Å²) in [5.74, 6) is -1.85. The quantitative estimate of drug-likeness (QED) is 0.740. The van der Waals surface area contributed by atoms with Gasteiger partial charge in [0.2, 0.25) is 0 Å². The Balaban J connectivity index is 4.57. The van der Waals surface area contributed by atoms with Gasteiger partial charge in [0.15, 0.2) is 0 Å². The zero-order chi connectivity index (χ0) is 16.1. The van der Waals surface area contributed by atoms with Crippen molar-refractivity contribution in [1.29, 1.82) is 0 Å². The Bertz CT molecular complexity index is 333. The molecule has 4 heteroatoms. The SMILES string of the molecule is CC(C)(C)C(CCCC(C(=O)O)C(C)(C)C)CC(=O)O. The molecule has 0 aromatic carbocycles. The number of rotatable bonds is 7. The van der Waals surface area contributed by atoms with Crippen molar-refractivity contribution < 1.29 is 19.8 Å². The Morgan fingerprint density at radius 1 is 0.900 bits per heavy atom. The van der Waals surface area contributed by atoms with E-state index in [1.165, 1.54) is 0 Å². The first-order valence-corrected chi connectivity index (χ1v) is 7.30. The summed E-state index contributed by atoms with van der Waals surface area (Å²) in [6, 6.07) is 0. The lowest BCUT2D eigenvalue weighted by Gasteiger charge is -2.31. The Morgan fingerprint density at radius 2 is 1.40 bits per heavy atom. The van der Waals surface area contributed by atoms with Crippen molar-refractivity contribution in [1.82, 2.24) is 0 Å². The van der Waals surface area contributed by atoms with E-state index in [0.29, 0.717) is 6.42 Å². The van der Waals surface area contributed by atoms with Gasteiger partial charge in [0, 0.05) is 6.42 Å². The largest absolute Gasteiger partial charge is 0.481 e. The molecule has 2 atom stereocenters. The van der Waals surface area contributed by atoms with Crippen LogP contribution in [0.1, 0.15) is 67.2 Å². The molecule has 0 aromatic rings. The van der Waals surface area contributed by atoms with E-state index >= 15 is 0 Å². The lowest BCUT2D eigenvalue weighted by Crippen LogP contribution is -2.29. The molecule has 2 N–H and O–H groups in total. The molecule has 0 aliphatic carbocycles. The second-order valence-electron chi connectivity index (χ2n) is 7.85. The molecule has 0 spiro atoms. The molecule has 118 valence electrons. The van der Waals surface area contributed by atoms with Gasteiger partial charge in [-0.15, -0.1) is 0 Å². The monoisotopic (exact) mass is 286 g/mol. The summed E-state index contributed by atoms with van der Waals surface area (Å²) in [4.78, 5) is 22.2. The smallest absolute Gasteiger partial charge is 0.307 e. The second-order valence-corrected chi connectivity index (χ2v) is 7.85. The van der Waals surface area contributed by atoms with Gasteiger partial charge < -0.3 is 10.2 Å². The molecule has 20 heavy (non-hydrogen) atoms. The van der Waals surface area contributed by atoms with Crippen LogP contribution in [0.5, 0.6) is 0 Å². The lowest BCUT2D eigenvalue weighted by molar-refractivity contribution is -0.146. The van der Waals surface area contributed by atoms with E-state index in [9.17, 15) is 14.7 Å². The number of carbonyl (C=O) groups is 2. The fourth-order valence-electron chi connectivity index (χ4n) is 2.55. The summed E-state index contributed by atoms with van der Waals surface area (Å²) in [5.41, 5.74) is -0.339. The molecule has 0 saturated carbocycles. The summed E-state index contributed by atoms with van der Waals surface area (Å²) >= 11 is 0. The van der Waals surface area contributed by atoms with Crippen molar-refractivity contribution in [3.63, 3.8) is 0 Å². The summed E-state index contributed by atoms with van der Waals surface area (Å²) in [5, 5.41) is 18.3. The summed E-state index contributed by atoms with van der Waals surface area (Å²) in [6.45, 7) is 11.9. The molecule has 0 radical (unpaired) electrons. The van der Waals surface area contributed by atoms with Gasteiger partial charge in [-0.25, -0.2) is 0 Å². The minimum absolute atomic E-state index is 0.0706. The van der Waals surface area contributed by atoms with Crippen LogP contribution in [0.15, 0.2) is 0 Å². The van der Waals surface area contributed by atoms with Crippen molar-refractivity contribution in [2.24, 2.45) is 22.7 Å². The van der Waals surface area contributed by atoms with E-state index in [1.54, 1.807) is 0 Å². The van der Waals surface area contributed by atoms with Gasteiger partial charge in [0.25, 0.3) is 0 Å². The molecule has 0 bridgehead atoms. The van der Waals surface area contributed by atoms with Crippen LogP contribution in [-0.2, 0) is 9.59 Å². The highest BCUT2D eigenvalue weighted by Gasteiger charge is 2.32. The number of aliphatic carboxylic acids is 2. The maximum absolute atomic E-state index is 11.3. The molecule has 0 aliphatic rings. The third-order valence-electron chi connectivity index (χ3n) is 4.03. The van der Waals surface area contributed by atoms with E-state index in [1.807, 2.05) is 41.5 Å². The fraction of sp³-hybridized carbons (Fsp3) is 0.875. The van der Waals surface area contributed by atoms with Crippen molar-refractivity contribution >= 4 is 11.9 Å². The van der Waals surface area contributed by atoms with E-state index in [4.69, 9.17) is 5.11 Å². The first-order valence-electron chi connectivity index (χ1n) is 7.30. The molecular weight excluding hydrogens is 256 g/mol. The number of carboxylic acid groups (broad SMARTS) is 2. The fourth-order valence-corrected chi connectivity index (χ4v) is 2.55. The molecule has 0 aliphatic heterocycles. The van der Waals surface area contributed by atoms with Gasteiger partial charge >= 0.3 is 11.9 Å². The summed E-state index contributed by atoms with van der Waals surface area (Å²) in [6.07, 6.45) is 2.26. The normalized spacial score (nSPS) is 15.7. The number of hydrogen-bond acceptors (Lipinski definition) is 2. The van der Waals surface area contributed by atoms with Crippen molar-refractivity contribution in [3.8, 4) is 0 Å². The van der Waals surface area contributed by atoms with Crippen LogP contribution in [0.3, 0.4) is 0 Å². The predicted octanol–water partition coefficient (Wildman–Crippen LogP) is 4.04. The topological polar surface area (TPSA) is 74.6 Å². The number of carboxylic acids is 2. The maximum atomic E-state index is 11.3. The van der Waals surface area contributed by atoms with E-state index in [0.717, 1.165) is 12.8 Å². The minimum atomic E-state index is -0.782. The zero-order valence-corrected chi connectivity index (χ0v) is 13.7. The van der Waals surface area contributed by atoms with Gasteiger partial charge in [-0.3, -0.25) is 9.59 Å². The molecule has 0 amide bonds. The van der Waals surface area contributed by atoms with E-state index in [2.05, 4.69) is 0 Å². The molecule has 4 nitrogen and oxygen atoms in total. The van der Waals surface area contributed by atoms with E-state index in [-0.39, 0.29) is 29.1 Å². The predicted molar refractivity (Wildman–Crippen MR) is 79.6 cm³/mol. The van der Waals surface area contributed by atoms with Crippen LogP contribution in [0, 0.1) is 22.7 Å². The standard InChI is InChI=1S/C16H30O4/c1-15(2,3)11(10-13(17)18)8-7-9-12(14(19)20)16(4,5)6/h11-12H,7-10H2,1-6H3,(H,17,18)(H,19,20). The third kappa shape index (κ3) is 6.92.